The molecule has 0 unspecified atom stereocenters. The Morgan fingerprint density at radius 3 is 2.42 bits per heavy atom. The molecule has 26 heavy (non-hydrogen) atoms. The van der Waals surface area contributed by atoms with E-state index >= 15 is 0 Å². The summed E-state index contributed by atoms with van der Waals surface area (Å²) in [6, 6.07) is 15.8. The minimum atomic E-state index is -0.359. The summed E-state index contributed by atoms with van der Waals surface area (Å²) in [7, 11) is 1.58. The van der Waals surface area contributed by atoms with Gasteiger partial charge in [-0.15, -0.1) is 0 Å². The lowest BCUT2D eigenvalue weighted by molar-refractivity contribution is 0.102. The van der Waals surface area contributed by atoms with E-state index in [4.69, 9.17) is 4.74 Å². The fourth-order valence-corrected chi connectivity index (χ4v) is 2.94. The van der Waals surface area contributed by atoms with Gasteiger partial charge in [0, 0.05) is 5.56 Å². The lowest BCUT2D eigenvalue weighted by Crippen LogP contribution is -2.26. The summed E-state index contributed by atoms with van der Waals surface area (Å²) in [5.41, 5.74) is 0.881. The van der Waals surface area contributed by atoms with Crippen LogP contribution in [0.25, 0.3) is 5.69 Å². The van der Waals surface area contributed by atoms with Gasteiger partial charge in [0.25, 0.3) is 11.5 Å². The van der Waals surface area contributed by atoms with Crippen molar-refractivity contribution >= 4 is 23.4 Å². The van der Waals surface area contributed by atoms with Gasteiger partial charge in [-0.3, -0.25) is 14.2 Å². The average Bonchev–Trinajstić information content (AvgIpc) is 2.70. The van der Waals surface area contributed by atoms with Crippen molar-refractivity contribution in [1.82, 2.24) is 9.55 Å². The summed E-state index contributed by atoms with van der Waals surface area (Å²) < 4.78 is 6.61. The first kappa shape index (κ1) is 17.8. The SMILES string of the molecule is COc1ccc(-n2c(SC)ncc(NC(=O)c3ccccc3)c2=O)cc1. The molecule has 0 saturated carbocycles. The van der Waals surface area contributed by atoms with Crippen LogP contribution in [0.3, 0.4) is 0 Å². The van der Waals surface area contributed by atoms with Gasteiger partial charge in [0.1, 0.15) is 11.4 Å². The Morgan fingerprint density at radius 2 is 1.81 bits per heavy atom. The number of anilines is 1. The van der Waals surface area contributed by atoms with Crippen LogP contribution in [0.2, 0.25) is 0 Å². The molecule has 0 aliphatic carbocycles. The van der Waals surface area contributed by atoms with Crippen molar-refractivity contribution in [3.8, 4) is 11.4 Å². The van der Waals surface area contributed by atoms with E-state index in [0.717, 1.165) is 0 Å². The summed E-state index contributed by atoms with van der Waals surface area (Å²) in [6.45, 7) is 0. The van der Waals surface area contributed by atoms with Gasteiger partial charge in [-0.2, -0.15) is 0 Å². The Labute approximate surface area is 154 Å². The van der Waals surface area contributed by atoms with E-state index in [9.17, 15) is 9.59 Å². The molecule has 6 nitrogen and oxygen atoms in total. The van der Waals surface area contributed by atoms with Gasteiger partial charge < -0.3 is 10.1 Å². The molecule has 0 radical (unpaired) electrons. The quantitative estimate of drug-likeness (QED) is 0.554. The third-order valence-corrected chi connectivity index (χ3v) is 4.38. The van der Waals surface area contributed by atoms with Crippen LogP contribution >= 0.6 is 11.8 Å². The first-order chi connectivity index (χ1) is 12.6. The third-order valence-electron chi connectivity index (χ3n) is 3.73. The largest absolute Gasteiger partial charge is 0.497 e. The van der Waals surface area contributed by atoms with Crippen LogP contribution in [-0.2, 0) is 0 Å². The predicted octanol–water partition coefficient (Wildman–Crippen LogP) is 3.22. The number of hydrogen-bond donors (Lipinski definition) is 1. The number of hydrogen-bond acceptors (Lipinski definition) is 5. The van der Waals surface area contributed by atoms with Crippen LogP contribution in [0.15, 0.2) is 70.7 Å². The summed E-state index contributed by atoms with van der Waals surface area (Å²) in [4.78, 5) is 29.6. The molecule has 0 fully saturated rings. The Bertz CT molecular complexity index is 970. The molecule has 1 amide bonds. The Hall–Kier alpha value is -3.06. The maximum absolute atomic E-state index is 12.9. The van der Waals surface area contributed by atoms with E-state index in [1.165, 1.54) is 22.5 Å². The zero-order valence-electron chi connectivity index (χ0n) is 14.3. The Kier molecular flexibility index (Phi) is 5.38. The summed E-state index contributed by atoms with van der Waals surface area (Å²) >= 11 is 1.35. The third kappa shape index (κ3) is 3.62. The molecule has 0 bridgehead atoms. The Balaban J connectivity index is 2.00. The maximum atomic E-state index is 12.9. The van der Waals surface area contributed by atoms with Crippen molar-refractivity contribution in [1.29, 1.82) is 0 Å². The number of amides is 1. The highest BCUT2D eigenvalue weighted by Crippen LogP contribution is 2.19. The number of benzene rings is 2. The zero-order valence-corrected chi connectivity index (χ0v) is 15.1. The first-order valence-corrected chi connectivity index (χ1v) is 9.03. The molecule has 7 heteroatoms. The van der Waals surface area contributed by atoms with Gasteiger partial charge in [0.05, 0.1) is 19.0 Å². The highest BCUT2D eigenvalue weighted by Gasteiger charge is 2.14. The number of nitrogens with zero attached hydrogens (tertiary/aromatic N) is 2. The van der Waals surface area contributed by atoms with Crippen molar-refractivity contribution in [3.05, 3.63) is 76.7 Å². The number of thioether (sulfide) groups is 1. The normalized spacial score (nSPS) is 10.4. The number of aromatic nitrogens is 2. The van der Waals surface area contributed by atoms with Crippen LogP contribution in [-0.4, -0.2) is 28.8 Å². The molecule has 0 aliphatic heterocycles. The second-order valence-corrected chi connectivity index (χ2v) is 6.09. The van der Waals surface area contributed by atoms with Crippen LogP contribution in [0, 0.1) is 0 Å². The fourth-order valence-electron chi connectivity index (χ4n) is 2.41. The fraction of sp³-hybridized carbons (Fsp3) is 0.105. The monoisotopic (exact) mass is 367 g/mol. The number of ether oxygens (including phenoxy) is 1. The standard InChI is InChI=1S/C19H17N3O3S/c1-25-15-10-8-14(9-11-15)22-18(24)16(12-20-19(22)26-2)21-17(23)13-6-4-3-5-7-13/h3-12H,1-2H3,(H,21,23). The molecule has 0 spiro atoms. The molecule has 2 aromatic carbocycles. The molecule has 1 aromatic heterocycles. The molecule has 3 aromatic rings. The van der Waals surface area contributed by atoms with Crippen molar-refractivity contribution in [2.24, 2.45) is 0 Å². The molecular formula is C19H17N3O3S. The van der Waals surface area contributed by atoms with E-state index in [-0.39, 0.29) is 17.2 Å². The average molecular weight is 367 g/mol. The number of carbonyl (C=O) groups is 1. The summed E-state index contributed by atoms with van der Waals surface area (Å²) in [6.07, 6.45) is 3.22. The molecule has 0 saturated heterocycles. The van der Waals surface area contributed by atoms with Gasteiger partial charge >= 0.3 is 0 Å². The lowest BCUT2D eigenvalue weighted by Gasteiger charge is -2.13. The topological polar surface area (TPSA) is 73.2 Å². The van der Waals surface area contributed by atoms with Crippen LogP contribution in [0.4, 0.5) is 5.69 Å². The number of rotatable bonds is 5. The highest BCUT2D eigenvalue weighted by atomic mass is 32.2. The van der Waals surface area contributed by atoms with E-state index in [1.54, 1.807) is 55.6 Å². The molecule has 3 rings (SSSR count). The van der Waals surface area contributed by atoms with Crippen molar-refractivity contribution in [3.63, 3.8) is 0 Å². The number of nitrogens with one attached hydrogen (secondary N) is 1. The smallest absolute Gasteiger partial charge is 0.282 e. The molecule has 0 aliphatic rings. The second kappa shape index (κ2) is 7.88. The van der Waals surface area contributed by atoms with Crippen molar-refractivity contribution in [2.45, 2.75) is 5.16 Å². The van der Waals surface area contributed by atoms with E-state index < -0.39 is 0 Å². The Morgan fingerprint density at radius 1 is 1.12 bits per heavy atom. The van der Waals surface area contributed by atoms with Crippen LogP contribution in [0.5, 0.6) is 5.75 Å². The van der Waals surface area contributed by atoms with Gasteiger partial charge in [0.2, 0.25) is 0 Å². The molecule has 0 atom stereocenters. The molecule has 1 heterocycles. The lowest BCUT2D eigenvalue weighted by atomic mass is 10.2. The first-order valence-electron chi connectivity index (χ1n) is 7.81. The molecule has 1 N–H and O–H groups in total. The van der Waals surface area contributed by atoms with Gasteiger partial charge in [-0.1, -0.05) is 30.0 Å². The van der Waals surface area contributed by atoms with Gasteiger partial charge in [-0.05, 0) is 42.7 Å². The summed E-state index contributed by atoms with van der Waals surface area (Å²) in [5, 5.41) is 3.17. The van der Waals surface area contributed by atoms with E-state index in [0.29, 0.717) is 22.2 Å². The maximum Gasteiger partial charge on any atom is 0.282 e. The van der Waals surface area contributed by atoms with E-state index in [1.807, 2.05) is 12.3 Å². The predicted molar refractivity (Wildman–Crippen MR) is 103 cm³/mol. The number of carbonyl (C=O) groups excluding carboxylic acids is 1. The van der Waals surface area contributed by atoms with Crippen LogP contribution < -0.4 is 15.6 Å². The van der Waals surface area contributed by atoms with Crippen molar-refractivity contribution < 1.29 is 9.53 Å². The van der Waals surface area contributed by atoms with Crippen LogP contribution in [0.1, 0.15) is 10.4 Å². The molecular weight excluding hydrogens is 350 g/mol. The second-order valence-electron chi connectivity index (χ2n) is 5.32. The van der Waals surface area contributed by atoms with E-state index in [2.05, 4.69) is 10.3 Å². The highest BCUT2D eigenvalue weighted by molar-refractivity contribution is 7.98. The minimum Gasteiger partial charge on any atom is -0.497 e. The summed E-state index contributed by atoms with van der Waals surface area (Å²) in [5.74, 6) is 0.330. The zero-order chi connectivity index (χ0) is 18.5. The number of methoxy groups -OCH3 is 1. The van der Waals surface area contributed by atoms with Crippen molar-refractivity contribution in [2.75, 3.05) is 18.7 Å². The molecule has 132 valence electrons. The minimum absolute atomic E-state index is 0.118. The van der Waals surface area contributed by atoms with Gasteiger partial charge in [0.15, 0.2) is 5.16 Å². The van der Waals surface area contributed by atoms with Gasteiger partial charge in [-0.25, -0.2) is 4.98 Å².